The standard InChI is InChI=1S/C18H31N3OS.C17H29N3OS.C14H23N3OS.C13H21N3OS.C12H16FN5S.C11H17FN2S.C11H18N2S/c1-18(2,3)17-19-15-14-21(9-6-16(15)23-17)8-5-4-7-20-10-12-22-13-11-20;1-17(2,3)16-18-14-13-20(8-5-15(14)22-16)7-4-6-19-9-11-21-12-10-19;1-14(2,3)13-15-11-10(19-13)7-9(8-17(11)6)12(18)16(4)5;1-13(2,3)11-14-9-6-7-16(8-10(9)18-11)12(17)15(4)5;1-12(2,3)10-16-8-7(19-10)5-6-18(9(8)13)11(14)17-15-4;1-11(2,3)10-13-9-7(12)5-14(4)6-8(9)15-10;1-11(2,3)10-12-8-6-5-7-13(4)9(8)14-10/h4-14H2,1-3H3;4-13H2,1-3H3;9H,7-8H2,1-6H3;6-8H2,1-5H3;9H,5-6H2,1-3H3,(H2,14,17);7H,5-6H2,1-4H3;5-7H2,1-4H3. The van der Waals surface area contributed by atoms with Gasteiger partial charge in [-0.3, -0.25) is 29.3 Å². The number of carbonyl (C=O) groups excluding carboxylic acids is 2. The van der Waals surface area contributed by atoms with Crippen molar-refractivity contribution in [1.29, 1.82) is 0 Å². The Bertz CT molecular complexity index is 4880. The zero-order chi connectivity index (χ0) is 95.5. The number of halogens is 2. The maximum atomic E-state index is 14.4. The van der Waals surface area contributed by atoms with Crippen LogP contribution >= 0.6 is 79.4 Å². The Morgan fingerprint density at radius 1 is 0.446 bits per heavy atom. The van der Waals surface area contributed by atoms with E-state index in [4.69, 9.17) is 46.7 Å². The minimum Gasteiger partial charge on any atom is -0.379 e. The first kappa shape index (κ1) is 106. The number of thiazole rings is 7. The van der Waals surface area contributed by atoms with Crippen LogP contribution in [0.3, 0.4) is 0 Å². The molecule has 9 aliphatic heterocycles. The average molecular weight is 1930 g/mol. The predicted octanol–water partition coefficient (Wildman–Crippen LogP) is 18.2. The second kappa shape index (κ2) is 45.4. The van der Waals surface area contributed by atoms with Gasteiger partial charge in [-0.1, -0.05) is 145 Å². The van der Waals surface area contributed by atoms with Crippen LogP contribution in [0.15, 0.2) is 5.10 Å². The first-order valence-corrected chi connectivity index (χ1v) is 52.5. The van der Waals surface area contributed by atoms with Crippen LogP contribution in [0.25, 0.3) is 4.95 Å². The molecular weight excluding hydrogens is 1770 g/mol. The van der Waals surface area contributed by atoms with Gasteiger partial charge in [0.2, 0.25) is 12.2 Å². The molecule has 2 fully saturated rings. The largest absolute Gasteiger partial charge is 0.379 e. The molecule has 2 N–H and O–H groups in total. The van der Waals surface area contributed by atoms with Crippen molar-refractivity contribution in [3.63, 3.8) is 0 Å². The number of fused-ring (bicyclic) bond motifs is 7. The average Bonchev–Trinajstić information content (AvgIpc) is 1.60. The van der Waals surface area contributed by atoms with Gasteiger partial charge in [0.1, 0.15) is 31.6 Å². The summed E-state index contributed by atoms with van der Waals surface area (Å²) in [5.41, 5.74) is 12.6. The summed E-state index contributed by atoms with van der Waals surface area (Å²) in [6, 6.07) is 0.0892. The third-order valence-corrected chi connectivity index (χ3v) is 34.5. The van der Waals surface area contributed by atoms with E-state index in [-0.39, 0.29) is 61.7 Å². The maximum Gasteiger partial charge on any atom is 0.319 e. The second-order valence-corrected chi connectivity index (χ2v) is 51.0. The number of likely N-dealkylation sites (N-methyl/N-ethyl adjacent to an activating group) is 1. The van der Waals surface area contributed by atoms with Crippen LogP contribution in [-0.4, -0.2) is 271 Å². The quantitative estimate of drug-likeness (QED) is 0.0336. The van der Waals surface area contributed by atoms with Crippen molar-refractivity contribution in [2.24, 2.45) is 16.8 Å². The first-order chi connectivity index (χ1) is 60.7. The van der Waals surface area contributed by atoms with Gasteiger partial charge in [-0.15, -0.1) is 84.3 Å². The van der Waals surface area contributed by atoms with Crippen molar-refractivity contribution < 1.29 is 27.8 Å². The number of carbonyl (C=O) groups is 2. The molecule has 16 heterocycles. The fourth-order valence-electron chi connectivity index (χ4n) is 16.0. The Hall–Kier alpha value is -5.91. The van der Waals surface area contributed by atoms with Crippen LogP contribution < -0.4 is 15.5 Å². The van der Waals surface area contributed by atoms with Crippen molar-refractivity contribution in [2.75, 3.05) is 184 Å². The zero-order valence-corrected chi connectivity index (χ0v) is 89.6. The lowest BCUT2D eigenvalue weighted by Gasteiger charge is -2.30. The summed E-state index contributed by atoms with van der Waals surface area (Å²) in [4.78, 5) is 90.7. The highest BCUT2D eigenvalue weighted by molar-refractivity contribution is 7.16. The molecule has 3 atom stereocenters. The van der Waals surface area contributed by atoms with Gasteiger partial charge in [0, 0.05) is 214 Å². The van der Waals surface area contributed by atoms with Crippen LogP contribution in [-0.2, 0) is 117 Å². The van der Waals surface area contributed by atoms with Gasteiger partial charge in [0.05, 0.1) is 92.4 Å². The van der Waals surface area contributed by atoms with E-state index in [0.29, 0.717) is 37.4 Å². The molecule has 0 radical (unpaired) electrons. The highest BCUT2D eigenvalue weighted by Gasteiger charge is 2.39. The maximum absolute atomic E-state index is 14.4. The summed E-state index contributed by atoms with van der Waals surface area (Å²) in [7, 11) is 13.4. The van der Waals surface area contributed by atoms with Crippen LogP contribution in [0.2, 0.25) is 0 Å². The number of aromatic nitrogens is 7. The molecule has 0 aliphatic carbocycles. The van der Waals surface area contributed by atoms with Crippen LogP contribution in [0.4, 0.5) is 24.4 Å². The summed E-state index contributed by atoms with van der Waals surface area (Å²) in [6.07, 6.45) is 8.68. The molecule has 7 aromatic heterocycles. The Balaban J connectivity index is 0.000000158. The molecule has 9 aliphatic rings. The van der Waals surface area contributed by atoms with Crippen LogP contribution in [0.5, 0.6) is 0 Å². The Kier molecular flexibility index (Phi) is 37.0. The number of hydrogen-bond acceptors (Lipinski definition) is 26. The summed E-state index contributed by atoms with van der Waals surface area (Å²) in [5.74, 6) is 1.25. The van der Waals surface area contributed by atoms with Gasteiger partial charge >= 0.3 is 6.03 Å². The number of urea groups is 1. The molecule has 0 aromatic carbocycles. The van der Waals surface area contributed by atoms with Gasteiger partial charge in [-0.2, -0.15) is 6.57 Å². The number of rotatable bonds is 10. The molecule has 724 valence electrons. The number of nitrogens with zero attached hydrogens (tertiary/aromatic N) is 20. The van der Waals surface area contributed by atoms with Gasteiger partial charge in [0.25, 0.3) is 5.96 Å². The Labute approximate surface area is 805 Å². The van der Waals surface area contributed by atoms with Crippen LogP contribution in [0, 0.1) is 12.5 Å². The number of amides is 3. The molecule has 0 bridgehead atoms. The lowest BCUT2D eigenvalue weighted by molar-refractivity contribution is -0.132. The highest BCUT2D eigenvalue weighted by atomic mass is 32.1. The number of aryl methyl sites for hydroxylation is 1. The van der Waals surface area contributed by atoms with Gasteiger partial charge in [0.15, 0.2) is 6.17 Å². The van der Waals surface area contributed by atoms with E-state index in [0.717, 1.165) is 135 Å². The predicted molar refractivity (Wildman–Crippen MR) is 539 cm³/mol. The normalized spacial score (nSPS) is 19.6. The smallest absolute Gasteiger partial charge is 0.319 e. The Morgan fingerprint density at radius 3 is 1.38 bits per heavy atom. The van der Waals surface area contributed by atoms with E-state index in [1.807, 2.05) is 72.0 Å². The molecule has 0 saturated carbocycles. The minimum absolute atomic E-state index is 0.0281. The van der Waals surface area contributed by atoms with Crippen molar-refractivity contribution >= 4 is 108 Å². The third-order valence-electron chi connectivity index (χ3n) is 23.7. The number of ether oxygens (including phenoxy) is 2. The number of alkyl halides is 2. The fourth-order valence-corrected chi connectivity index (χ4v) is 24.1. The second-order valence-electron chi connectivity index (χ2n) is 43.5. The fraction of sp³-hybridized carbons (Fsp3) is 0.740. The topological polar surface area (TPSA) is 221 Å². The number of anilines is 2. The van der Waals surface area contributed by atoms with E-state index in [9.17, 15) is 18.4 Å². The third kappa shape index (κ3) is 29.6. The van der Waals surface area contributed by atoms with E-state index >= 15 is 0 Å². The lowest BCUT2D eigenvalue weighted by atomic mass is 9.97. The summed E-state index contributed by atoms with van der Waals surface area (Å²) >= 11 is 12.4. The van der Waals surface area contributed by atoms with E-state index in [2.05, 4.69) is 202 Å². The number of nitrogens with two attached hydrogens (primary N) is 1. The summed E-state index contributed by atoms with van der Waals surface area (Å²) in [5, 5.41) is 12.9. The molecular formula is C96H155F2N21O4S7. The van der Waals surface area contributed by atoms with Crippen LogP contribution in [0.1, 0.15) is 282 Å². The molecule has 130 heavy (non-hydrogen) atoms. The SMILES string of the molecule is CC(C)(C)c1nc2c(s1)CCN(CCCCN1CCOCC1)C2.CC(C)(C)c1nc2c(s1)CCN(CCCN1CCOCC1)C2.CN(C)C(=O)C1Cc2sc(C(C)(C)C)nc2N(C)C1.CN(C)C(=O)N1CCc2nc(C(C)(C)C)sc2C1.CN1CCCc2nc(C(C)(C)C)sc21.CN1Cc2sc(C(C)(C)C)nc2C(F)C1.[C-]#[N+]/N=C(\N)N1CCc2sc(C(C)(C)C)nc2C1F. The van der Waals surface area contributed by atoms with Crippen molar-refractivity contribution in [2.45, 2.75) is 286 Å². The number of hydrogen-bond donors (Lipinski definition) is 1. The molecule has 25 nitrogen and oxygen atoms in total. The number of guanidine groups is 1. The van der Waals surface area contributed by atoms with Gasteiger partial charge < -0.3 is 44.6 Å². The molecule has 7 aromatic rings. The highest BCUT2D eigenvalue weighted by Crippen LogP contribution is 2.44. The summed E-state index contributed by atoms with van der Waals surface area (Å²) < 4.78 is 39.0. The van der Waals surface area contributed by atoms with Gasteiger partial charge in [-0.25, -0.2) is 48.5 Å². The van der Waals surface area contributed by atoms with E-state index < -0.39 is 12.5 Å². The number of unbranched alkanes of at least 4 members (excludes halogenated alkanes) is 1. The van der Waals surface area contributed by atoms with Crippen molar-refractivity contribution in [3.05, 3.63) is 110 Å². The van der Waals surface area contributed by atoms with Crippen molar-refractivity contribution in [1.82, 2.24) is 79.0 Å². The molecule has 0 spiro atoms. The number of morpholine rings is 2. The monoisotopic (exact) mass is 1930 g/mol. The van der Waals surface area contributed by atoms with E-state index in [1.54, 1.807) is 69.2 Å². The summed E-state index contributed by atoms with van der Waals surface area (Å²) in [6.45, 7) is 75.1. The lowest BCUT2D eigenvalue weighted by Crippen LogP contribution is -2.42. The molecule has 3 amide bonds. The molecule has 16 rings (SSSR count). The van der Waals surface area contributed by atoms with Gasteiger partial charge in [-0.05, 0) is 84.6 Å². The molecule has 34 heteroatoms. The molecule has 2 saturated heterocycles. The first-order valence-electron chi connectivity index (χ1n) is 46.8. The van der Waals surface area contributed by atoms with Crippen molar-refractivity contribution in [3.8, 4) is 0 Å². The minimum atomic E-state index is -1.42. The van der Waals surface area contributed by atoms with E-state index in [1.165, 1.54) is 157 Å². The molecule has 3 unspecified atom stereocenters. The Morgan fingerprint density at radius 2 is 0.877 bits per heavy atom. The zero-order valence-electron chi connectivity index (χ0n) is 83.8.